The van der Waals surface area contributed by atoms with Gasteiger partial charge in [0, 0.05) is 18.3 Å². The predicted octanol–water partition coefficient (Wildman–Crippen LogP) is 2.86. The average Bonchev–Trinajstić information content (AvgIpc) is 3.10. The highest BCUT2D eigenvalue weighted by Gasteiger charge is 2.37. The monoisotopic (exact) mass is 331 g/mol. The van der Waals surface area contributed by atoms with Crippen LogP contribution >= 0.6 is 0 Å². The summed E-state index contributed by atoms with van der Waals surface area (Å²) in [7, 11) is 0. The second kappa shape index (κ2) is 6.36. The summed E-state index contributed by atoms with van der Waals surface area (Å²) in [6.07, 6.45) is 1.38. The fourth-order valence-corrected chi connectivity index (χ4v) is 3.38. The molecule has 1 aliphatic rings. The van der Waals surface area contributed by atoms with Gasteiger partial charge in [-0.3, -0.25) is 9.48 Å². The summed E-state index contributed by atoms with van der Waals surface area (Å²) in [4.78, 5) is 14.6. The molecule has 1 aromatic carbocycles. The molecule has 2 aromatic rings. The van der Waals surface area contributed by atoms with Crippen molar-refractivity contribution in [2.24, 2.45) is 0 Å². The number of rotatable bonds is 3. The summed E-state index contributed by atoms with van der Waals surface area (Å²) in [6, 6.07) is 6.04. The lowest BCUT2D eigenvalue weighted by molar-refractivity contribution is 0.0714. The number of halogens is 1. The molecule has 24 heavy (non-hydrogen) atoms. The summed E-state index contributed by atoms with van der Waals surface area (Å²) in [5, 5.41) is 14.3. The summed E-state index contributed by atoms with van der Waals surface area (Å²) in [5.41, 5.74) is 2.03. The number of benzene rings is 1. The molecule has 128 valence electrons. The first-order valence-electron chi connectivity index (χ1n) is 8.17. The summed E-state index contributed by atoms with van der Waals surface area (Å²) in [6.45, 7) is 6.11. The maximum Gasteiger partial charge on any atom is 0.257 e. The van der Waals surface area contributed by atoms with E-state index in [0.29, 0.717) is 17.5 Å². The second-order valence-corrected chi connectivity index (χ2v) is 6.60. The minimum absolute atomic E-state index is 0.162. The highest BCUT2D eigenvalue weighted by molar-refractivity contribution is 5.95. The Morgan fingerprint density at radius 2 is 2.17 bits per heavy atom. The molecule has 0 aliphatic carbocycles. The van der Waals surface area contributed by atoms with Crippen molar-refractivity contribution in [3.8, 4) is 0 Å². The third-order valence-electron chi connectivity index (χ3n) is 4.54. The Bertz CT molecular complexity index is 756. The molecule has 1 N–H and O–H groups in total. The van der Waals surface area contributed by atoms with Crippen LogP contribution in [0.2, 0.25) is 0 Å². The molecule has 0 bridgehead atoms. The van der Waals surface area contributed by atoms with Crippen molar-refractivity contribution in [3.63, 3.8) is 0 Å². The van der Waals surface area contributed by atoms with E-state index in [4.69, 9.17) is 0 Å². The maximum absolute atomic E-state index is 13.5. The van der Waals surface area contributed by atoms with Gasteiger partial charge in [-0.05, 0) is 44.9 Å². The van der Waals surface area contributed by atoms with Crippen molar-refractivity contribution in [1.82, 2.24) is 14.7 Å². The van der Waals surface area contributed by atoms with Gasteiger partial charge in [0.05, 0.1) is 23.9 Å². The Labute approximate surface area is 140 Å². The van der Waals surface area contributed by atoms with Gasteiger partial charge in [-0.2, -0.15) is 5.10 Å². The second-order valence-electron chi connectivity index (χ2n) is 6.60. The van der Waals surface area contributed by atoms with Crippen molar-refractivity contribution >= 4 is 5.91 Å². The van der Waals surface area contributed by atoms with E-state index in [1.54, 1.807) is 27.9 Å². The van der Waals surface area contributed by atoms with Gasteiger partial charge >= 0.3 is 0 Å². The molecule has 0 spiro atoms. The molecule has 3 rings (SSSR count). The molecule has 1 amide bonds. The van der Waals surface area contributed by atoms with E-state index < -0.39 is 6.10 Å². The van der Waals surface area contributed by atoms with Crippen molar-refractivity contribution in [1.29, 1.82) is 0 Å². The van der Waals surface area contributed by atoms with Crippen LogP contribution in [0.4, 0.5) is 4.39 Å². The number of β-amino-alcohol motifs (C(OH)–C–C–N with tert-alkyl or cyclic N) is 1. The SMILES string of the molecule is Cc1c(C(=O)N2C[C@H](O)C[C@@H]2c2cccc(F)c2)cnn1C(C)C. The first-order chi connectivity index (χ1) is 11.4. The van der Waals surface area contributed by atoms with E-state index in [-0.39, 0.29) is 30.4 Å². The molecule has 1 fully saturated rings. The van der Waals surface area contributed by atoms with Gasteiger partial charge in [0.25, 0.3) is 5.91 Å². The first-order valence-corrected chi connectivity index (χ1v) is 8.17. The molecule has 2 atom stereocenters. The topological polar surface area (TPSA) is 58.4 Å². The fraction of sp³-hybridized carbons (Fsp3) is 0.444. The zero-order valence-corrected chi connectivity index (χ0v) is 14.1. The van der Waals surface area contributed by atoms with Crippen molar-refractivity contribution in [3.05, 3.63) is 53.1 Å². The van der Waals surface area contributed by atoms with Gasteiger partial charge in [-0.25, -0.2) is 4.39 Å². The number of carbonyl (C=O) groups is 1. The Hall–Kier alpha value is -2.21. The number of aromatic nitrogens is 2. The molecule has 1 aromatic heterocycles. The lowest BCUT2D eigenvalue weighted by Crippen LogP contribution is -2.32. The molecule has 0 radical (unpaired) electrons. The lowest BCUT2D eigenvalue weighted by atomic mass is 10.0. The summed E-state index contributed by atoms with van der Waals surface area (Å²) < 4.78 is 15.3. The molecule has 6 heteroatoms. The van der Waals surface area contributed by atoms with Crippen molar-refractivity contribution < 1.29 is 14.3 Å². The Balaban J connectivity index is 1.93. The molecule has 0 unspecified atom stereocenters. The molecule has 2 heterocycles. The first kappa shape index (κ1) is 16.6. The van der Waals surface area contributed by atoms with Crippen molar-refractivity contribution in [2.45, 2.75) is 45.4 Å². The predicted molar refractivity (Wildman–Crippen MR) is 88.2 cm³/mol. The number of hydrogen-bond acceptors (Lipinski definition) is 3. The third kappa shape index (κ3) is 2.94. The largest absolute Gasteiger partial charge is 0.391 e. The number of aliphatic hydroxyl groups is 1. The van der Waals surface area contributed by atoms with Gasteiger partial charge in [0.2, 0.25) is 0 Å². The molecular formula is C18H22FN3O2. The van der Waals surface area contributed by atoms with E-state index >= 15 is 0 Å². The zero-order chi connectivity index (χ0) is 17.4. The van der Waals surface area contributed by atoms with Gasteiger partial charge in [-0.15, -0.1) is 0 Å². The number of nitrogens with zero attached hydrogens (tertiary/aromatic N) is 3. The van der Waals surface area contributed by atoms with E-state index in [1.807, 2.05) is 20.8 Å². The third-order valence-corrected chi connectivity index (χ3v) is 4.54. The van der Waals surface area contributed by atoms with Crippen LogP contribution in [0.5, 0.6) is 0 Å². The van der Waals surface area contributed by atoms with E-state index in [0.717, 1.165) is 5.69 Å². The van der Waals surface area contributed by atoms with Crippen molar-refractivity contribution in [2.75, 3.05) is 6.54 Å². The summed E-state index contributed by atoms with van der Waals surface area (Å²) in [5.74, 6) is -0.518. The van der Waals surface area contributed by atoms with Gasteiger partial charge in [0.15, 0.2) is 0 Å². The quantitative estimate of drug-likeness (QED) is 0.941. The maximum atomic E-state index is 13.5. The highest BCUT2D eigenvalue weighted by atomic mass is 19.1. The molecule has 1 aliphatic heterocycles. The van der Waals surface area contributed by atoms with Gasteiger partial charge in [-0.1, -0.05) is 12.1 Å². The van der Waals surface area contributed by atoms with Crippen LogP contribution in [-0.2, 0) is 0 Å². The lowest BCUT2D eigenvalue weighted by Gasteiger charge is -2.25. The van der Waals surface area contributed by atoms with Gasteiger partial charge in [0.1, 0.15) is 5.82 Å². The Morgan fingerprint density at radius 1 is 1.42 bits per heavy atom. The number of carbonyl (C=O) groups excluding carboxylic acids is 1. The van der Waals surface area contributed by atoms with Crippen LogP contribution in [0.25, 0.3) is 0 Å². The minimum Gasteiger partial charge on any atom is -0.391 e. The zero-order valence-electron chi connectivity index (χ0n) is 14.1. The van der Waals surface area contributed by atoms with E-state index in [1.165, 1.54) is 12.1 Å². The van der Waals surface area contributed by atoms with Crippen LogP contribution in [0.15, 0.2) is 30.5 Å². The number of amides is 1. The number of aliphatic hydroxyl groups excluding tert-OH is 1. The number of hydrogen-bond donors (Lipinski definition) is 1. The van der Waals surface area contributed by atoms with Crippen LogP contribution in [-0.4, -0.2) is 38.3 Å². The average molecular weight is 331 g/mol. The van der Waals surface area contributed by atoms with Crippen LogP contribution in [0.3, 0.4) is 0 Å². The van der Waals surface area contributed by atoms with Crippen LogP contribution in [0, 0.1) is 12.7 Å². The highest BCUT2D eigenvalue weighted by Crippen LogP contribution is 2.34. The fourth-order valence-electron chi connectivity index (χ4n) is 3.38. The van der Waals surface area contributed by atoms with E-state index in [2.05, 4.69) is 5.10 Å². The van der Waals surface area contributed by atoms with Crippen LogP contribution < -0.4 is 0 Å². The van der Waals surface area contributed by atoms with E-state index in [9.17, 15) is 14.3 Å². The number of likely N-dealkylation sites (tertiary alicyclic amines) is 1. The minimum atomic E-state index is -0.609. The smallest absolute Gasteiger partial charge is 0.257 e. The normalized spacial score (nSPS) is 20.8. The van der Waals surface area contributed by atoms with Gasteiger partial charge < -0.3 is 10.0 Å². The van der Waals surface area contributed by atoms with Crippen LogP contribution in [0.1, 0.15) is 54.0 Å². The Morgan fingerprint density at radius 3 is 2.79 bits per heavy atom. The summed E-state index contributed by atoms with van der Waals surface area (Å²) >= 11 is 0. The standard InChI is InChI=1S/C18H22FN3O2/c1-11(2)22-12(3)16(9-20-22)18(24)21-10-15(23)8-17(21)13-5-4-6-14(19)7-13/h4-7,9,11,15,17,23H,8,10H2,1-3H3/t15-,17-/m1/s1. The molecule has 0 saturated carbocycles. The Kier molecular flexibility index (Phi) is 4.41. The molecule has 5 nitrogen and oxygen atoms in total. The molecular weight excluding hydrogens is 309 g/mol. The molecule has 1 saturated heterocycles.